The molecule has 0 N–H and O–H groups in total. The Morgan fingerprint density at radius 1 is 1.19 bits per heavy atom. The van der Waals surface area contributed by atoms with Gasteiger partial charge in [0.1, 0.15) is 12.4 Å². The number of likely N-dealkylation sites (tertiary alicyclic amines) is 1. The summed E-state index contributed by atoms with van der Waals surface area (Å²) in [5, 5.41) is 0. The third-order valence-electron chi connectivity index (χ3n) is 2.79. The number of rotatable bonds is 4. The molecule has 1 aromatic carbocycles. The first-order valence-corrected chi connectivity index (χ1v) is 5.82. The SMILES string of the molecule is O=C1CCCCN1CCOc1ccccc1. The Hall–Kier alpha value is -1.51. The summed E-state index contributed by atoms with van der Waals surface area (Å²) in [5.74, 6) is 1.13. The molecule has 0 aromatic heterocycles. The van der Waals surface area contributed by atoms with Crippen molar-refractivity contribution in [2.45, 2.75) is 19.3 Å². The van der Waals surface area contributed by atoms with E-state index in [4.69, 9.17) is 4.74 Å². The van der Waals surface area contributed by atoms with E-state index in [1.54, 1.807) is 0 Å². The molecule has 86 valence electrons. The van der Waals surface area contributed by atoms with E-state index in [2.05, 4.69) is 0 Å². The Kier molecular flexibility index (Phi) is 3.81. The number of carbonyl (C=O) groups excluding carboxylic acids is 1. The van der Waals surface area contributed by atoms with E-state index >= 15 is 0 Å². The Labute approximate surface area is 96.0 Å². The minimum atomic E-state index is 0.267. The molecule has 0 unspecified atom stereocenters. The van der Waals surface area contributed by atoms with Gasteiger partial charge in [0, 0.05) is 13.0 Å². The summed E-state index contributed by atoms with van der Waals surface area (Å²) in [7, 11) is 0. The maximum absolute atomic E-state index is 11.5. The number of ether oxygens (including phenoxy) is 1. The molecule has 0 bridgehead atoms. The maximum atomic E-state index is 11.5. The molecule has 2 rings (SSSR count). The van der Waals surface area contributed by atoms with Crippen LogP contribution in [-0.2, 0) is 4.79 Å². The van der Waals surface area contributed by atoms with Gasteiger partial charge in [-0.1, -0.05) is 18.2 Å². The summed E-state index contributed by atoms with van der Waals surface area (Å²) < 4.78 is 5.56. The van der Waals surface area contributed by atoms with Crippen molar-refractivity contribution >= 4 is 5.91 Å². The zero-order valence-corrected chi connectivity index (χ0v) is 9.39. The van der Waals surface area contributed by atoms with Crippen molar-refractivity contribution in [3.63, 3.8) is 0 Å². The fourth-order valence-corrected chi connectivity index (χ4v) is 1.89. The lowest BCUT2D eigenvalue weighted by atomic mass is 10.1. The second-order valence-electron chi connectivity index (χ2n) is 4.00. The highest BCUT2D eigenvalue weighted by Gasteiger charge is 2.17. The Bertz CT molecular complexity index is 337. The van der Waals surface area contributed by atoms with Crippen LogP contribution in [-0.4, -0.2) is 30.5 Å². The van der Waals surface area contributed by atoms with Crippen molar-refractivity contribution in [3.05, 3.63) is 30.3 Å². The molecular formula is C13H17NO2. The van der Waals surface area contributed by atoms with Gasteiger partial charge in [-0.2, -0.15) is 0 Å². The zero-order valence-electron chi connectivity index (χ0n) is 9.39. The molecule has 3 heteroatoms. The molecule has 0 radical (unpaired) electrons. The van der Waals surface area contributed by atoms with Gasteiger partial charge in [0.25, 0.3) is 0 Å². The van der Waals surface area contributed by atoms with Crippen LogP contribution in [0.3, 0.4) is 0 Å². The van der Waals surface area contributed by atoms with Crippen LogP contribution in [0.4, 0.5) is 0 Å². The van der Waals surface area contributed by atoms with E-state index in [1.165, 1.54) is 0 Å². The number of nitrogens with zero attached hydrogens (tertiary/aromatic N) is 1. The summed E-state index contributed by atoms with van der Waals surface area (Å²) in [4.78, 5) is 13.4. The van der Waals surface area contributed by atoms with Crippen molar-refractivity contribution in [2.24, 2.45) is 0 Å². The number of hydrogen-bond acceptors (Lipinski definition) is 2. The van der Waals surface area contributed by atoms with Crippen molar-refractivity contribution < 1.29 is 9.53 Å². The van der Waals surface area contributed by atoms with E-state index in [1.807, 2.05) is 35.2 Å². The molecule has 1 fully saturated rings. The van der Waals surface area contributed by atoms with Gasteiger partial charge in [-0.05, 0) is 25.0 Å². The fourth-order valence-electron chi connectivity index (χ4n) is 1.89. The van der Waals surface area contributed by atoms with Crippen LogP contribution in [0, 0.1) is 0 Å². The highest BCUT2D eigenvalue weighted by atomic mass is 16.5. The monoisotopic (exact) mass is 219 g/mol. The van der Waals surface area contributed by atoms with E-state index in [-0.39, 0.29) is 5.91 Å². The predicted molar refractivity (Wildman–Crippen MR) is 62.4 cm³/mol. The Morgan fingerprint density at radius 3 is 2.75 bits per heavy atom. The van der Waals surface area contributed by atoms with Gasteiger partial charge in [0.15, 0.2) is 0 Å². The van der Waals surface area contributed by atoms with Crippen LogP contribution in [0.2, 0.25) is 0 Å². The van der Waals surface area contributed by atoms with Crippen LogP contribution in [0.15, 0.2) is 30.3 Å². The average Bonchev–Trinajstić information content (AvgIpc) is 2.33. The van der Waals surface area contributed by atoms with E-state index < -0.39 is 0 Å². The molecule has 1 aromatic rings. The van der Waals surface area contributed by atoms with E-state index in [0.717, 1.165) is 25.1 Å². The van der Waals surface area contributed by atoms with Crippen LogP contribution in [0.25, 0.3) is 0 Å². The zero-order chi connectivity index (χ0) is 11.2. The Balaban J connectivity index is 1.73. The number of amides is 1. The molecule has 0 aliphatic carbocycles. The van der Waals surface area contributed by atoms with Gasteiger partial charge in [0.2, 0.25) is 5.91 Å². The lowest BCUT2D eigenvalue weighted by Gasteiger charge is -2.26. The first kappa shape index (κ1) is 11.0. The standard InChI is InChI=1S/C13H17NO2/c15-13-8-4-5-9-14(13)10-11-16-12-6-2-1-3-7-12/h1-3,6-7H,4-5,8-11H2. The minimum Gasteiger partial charge on any atom is -0.492 e. The van der Waals surface area contributed by atoms with Gasteiger partial charge in [-0.25, -0.2) is 0 Å². The van der Waals surface area contributed by atoms with Crippen molar-refractivity contribution in [3.8, 4) is 5.75 Å². The molecule has 0 saturated carbocycles. The third kappa shape index (κ3) is 2.99. The lowest BCUT2D eigenvalue weighted by Crippen LogP contribution is -2.38. The van der Waals surface area contributed by atoms with Gasteiger partial charge in [-0.3, -0.25) is 4.79 Å². The van der Waals surface area contributed by atoms with Crippen molar-refractivity contribution in [1.82, 2.24) is 4.90 Å². The smallest absolute Gasteiger partial charge is 0.222 e. The van der Waals surface area contributed by atoms with E-state index in [9.17, 15) is 4.79 Å². The second-order valence-corrected chi connectivity index (χ2v) is 4.00. The number of piperidine rings is 1. The molecular weight excluding hydrogens is 202 g/mol. The molecule has 1 saturated heterocycles. The topological polar surface area (TPSA) is 29.5 Å². The largest absolute Gasteiger partial charge is 0.492 e. The summed E-state index contributed by atoms with van der Waals surface area (Å²) in [6.07, 6.45) is 2.86. The van der Waals surface area contributed by atoms with Gasteiger partial charge < -0.3 is 9.64 Å². The summed E-state index contributed by atoms with van der Waals surface area (Å²) in [5.41, 5.74) is 0. The first-order chi connectivity index (χ1) is 7.86. The number of benzene rings is 1. The molecule has 1 heterocycles. The molecule has 3 nitrogen and oxygen atoms in total. The average molecular weight is 219 g/mol. The number of carbonyl (C=O) groups is 1. The van der Waals surface area contributed by atoms with Gasteiger partial charge in [0.05, 0.1) is 6.54 Å². The van der Waals surface area contributed by atoms with Crippen LogP contribution in [0.1, 0.15) is 19.3 Å². The molecule has 16 heavy (non-hydrogen) atoms. The molecule has 1 amide bonds. The fraction of sp³-hybridized carbons (Fsp3) is 0.462. The quantitative estimate of drug-likeness (QED) is 0.776. The van der Waals surface area contributed by atoms with Crippen molar-refractivity contribution in [1.29, 1.82) is 0 Å². The highest BCUT2D eigenvalue weighted by molar-refractivity contribution is 5.76. The highest BCUT2D eigenvalue weighted by Crippen LogP contribution is 2.11. The van der Waals surface area contributed by atoms with Crippen LogP contribution >= 0.6 is 0 Å². The second kappa shape index (κ2) is 5.54. The normalized spacial score (nSPS) is 16.2. The third-order valence-corrected chi connectivity index (χ3v) is 2.79. The van der Waals surface area contributed by atoms with Gasteiger partial charge in [-0.15, -0.1) is 0 Å². The lowest BCUT2D eigenvalue weighted by molar-refractivity contribution is -0.133. The van der Waals surface area contributed by atoms with Crippen molar-refractivity contribution in [2.75, 3.05) is 19.7 Å². The van der Waals surface area contributed by atoms with Crippen LogP contribution < -0.4 is 4.74 Å². The minimum absolute atomic E-state index is 0.267. The molecule has 0 spiro atoms. The van der Waals surface area contributed by atoms with Gasteiger partial charge >= 0.3 is 0 Å². The summed E-state index contributed by atoms with van der Waals surface area (Å²) >= 11 is 0. The predicted octanol–water partition coefficient (Wildman–Crippen LogP) is 2.08. The van der Waals surface area contributed by atoms with Crippen LogP contribution in [0.5, 0.6) is 5.75 Å². The maximum Gasteiger partial charge on any atom is 0.222 e. The summed E-state index contributed by atoms with van der Waals surface area (Å²) in [6, 6.07) is 9.71. The van der Waals surface area contributed by atoms with E-state index in [0.29, 0.717) is 19.6 Å². The molecule has 0 atom stereocenters. The number of para-hydroxylation sites is 1. The first-order valence-electron chi connectivity index (χ1n) is 5.82. The molecule has 1 aliphatic rings. The summed E-state index contributed by atoms with van der Waals surface area (Å²) in [6.45, 7) is 2.17. The Morgan fingerprint density at radius 2 is 2.00 bits per heavy atom. The molecule has 1 aliphatic heterocycles. The number of hydrogen-bond donors (Lipinski definition) is 0.